The Bertz CT molecular complexity index is 667. The zero-order valence-corrected chi connectivity index (χ0v) is 14.3. The highest BCUT2D eigenvalue weighted by atomic mass is 32.1. The minimum Gasteiger partial charge on any atom is -0.490 e. The van der Waals surface area contributed by atoms with Gasteiger partial charge in [-0.3, -0.25) is 0 Å². The summed E-state index contributed by atoms with van der Waals surface area (Å²) in [4.78, 5) is 0. The van der Waals surface area contributed by atoms with Gasteiger partial charge in [-0.05, 0) is 61.5 Å². The molecular weight excluding hydrogens is 304 g/mol. The Kier molecular flexibility index (Phi) is 6.18. The Balaban J connectivity index is 1.91. The van der Waals surface area contributed by atoms with Crippen LogP contribution in [0.15, 0.2) is 61.2 Å². The molecule has 0 saturated carbocycles. The zero-order valence-electron chi connectivity index (χ0n) is 13.5. The molecule has 2 N–H and O–H groups in total. The highest BCUT2D eigenvalue weighted by molar-refractivity contribution is 7.80. The summed E-state index contributed by atoms with van der Waals surface area (Å²) < 4.78 is 5.46. The molecular formula is C19H22N2OS. The number of aryl methyl sites for hydroxylation is 1. The van der Waals surface area contributed by atoms with Gasteiger partial charge in [0.15, 0.2) is 5.11 Å². The van der Waals surface area contributed by atoms with Crippen molar-refractivity contribution in [1.29, 1.82) is 0 Å². The van der Waals surface area contributed by atoms with Crippen molar-refractivity contribution in [2.45, 2.75) is 19.9 Å². The van der Waals surface area contributed by atoms with Gasteiger partial charge < -0.3 is 15.4 Å². The Morgan fingerprint density at radius 3 is 2.57 bits per heavy atom. The fraction of sp³-hybridized carbons (Fsp3) is 0.211. The van der Waals surface area contributed by atoms with E-state index in [1.165, 1.54) is 11.1 Å². The van der Waals surface area contributed by atoms with E-state index in [1.807, 2.05) is 36.4 Å². The Hall–Kier alpha value is -2.33. The molecule has 0 spiro atoms. The van der Waals surface area contributed by atoms with Crippen LogP contribution < -0.4 is 15.4 Å². The summed E-state index contributed by atoms with van der Waals surface area (Å²) in [5, 5.41) is 7.10. The average Bonchev–Trinajstić information content (AvgIpc) is 2.54. The van der Waals surface area contributed by atoms with Crippen LogP contribution in [0.3, 0.4) is 0 Å². The molecule has 120 valence electrons. The third-order valence-electron chi connectivity index (χ3n) is 3.48. The SMILES string of the molecule is C=CCOc1ccc(NC(=S)NC(C)c2ccccc2C)cc1. The van der Waals surface area contributed by atoms with Crippen molar-refractivity contribution < 1.29 is 4.74 Å². The van der Waals surface area contributed by atoms with E-state index in [-0.39, 0.29) is 6.04 Å². The van der Waals surface area contributed by atoms with Gasteiger partial charge in [0.2, 0.25) is 0 Å². The van der Waals surface area contributed by atoms with Crippen molar-refractivity contribution in [3.8, 4) is 5.75 Å². The van der Waals surface area contributed by atoms with Crippen LogP contribution in [0.4, 0.5) is 5.69 Å². The first-order valence-corrected chi connectivity index (χ1v) is 7.98. The first-order chi connectivity index (χ1) is 11.1. The highest BCUT2D eigenvalue weighted by Crippen LogP contribution is 2.18. The molecule has 2 aromatic rings. The molecule has 0 aromatic heterocycles. The molecule has 0 amide bonds. The molecule has 1 unspecified atom stereocenters. The lowest BCUT2D eigenvalue weighted by molar-refractivity contribution is 0.363. The second-order valence-electron chi connectivity index (χ2n) is 5.30. The number of hydrogen-bond donors (Lipinski definition) is 2. The van der Waals surface area contributed by atoms with E-state index in [0.717, 1.165) is 11.4 Å². The predicted octanol–water partition coefficient (Wildman–Crippen LogP) is 4.61. The van der Waals surface area contributed by atoms with Crippen LogP contribution in [0.25, 0.3) is 0 Å². The monoisotopic (exact) mass is 326 g/mol. The van der Waals surface area contributed by atoms with Crippen molar-refractivity contribution in [2.75, 3.05) is 11.9 Å². The van der Waals surface area contributed by atoms with Crippen molar-refractivity contribution in [3.63, 3.8) is 0 Å². The Morgan fingerprint density at radius 2 is 1.91 bits per heavy atom. The van der Waals surface area contributed by atoms with Crippen molar-refractivity contribution in [3.05, 3.63) is 72.3 Å². The third-order valence-corrected chi connectivity index (χ3v) is 3.70. The second-order valence-corrected chi connectivity index (χ2v) is 5.71. The van der Waals surface area contributed by atoms with Gasteiger partial charge in [0.25, 0.3) is 0 Å². The molecule has 23 heavy (non-hydrogen) atoms. The van der Waals surface area contributed by atoms with Gasteiger partial charge in [-0.25, -0.2) is 0 Å². The van der Waals surface area contributed by atoms with Crippen molar-refractivity contribution >= 4 is 23.0 Å². The lowest BCUT2D eigenvalue weighted by Crippen LogP contribution is -2.31. The van der Waals surface area contributed by atoms with Crippen LogP contribution in [-0.2, 0) is 0 Å². The normalized spacial score (nSPS) is 11.4. The van der Waals surface area contributed by atoms with Crippen LogP contribution in [0, 0.1) is 6.92 Å². The molecule has 2 aromatic carbocycles. The quantitative estimate of drug-likeness (QED) is 0.600. The molecule has 1 atom stereocenters. The summed E-state index contributed by atoms with van der Waals surface area (Å²) in [6.45, 7) is 8.33. The van der Waals surface area contributed by atoms with Crippen LogP contribution in [0.1, 0.15) is 24.1 Å². The van der Waals surface area contributed by atoms with E-state index in [9.17, 15) is 0 Å². The van der Waals surface area contributed by atoms with Gasteiger partial charge in [-0.1, -0.05) is 36.9 Å². The first-order valence-electron chi connectivity index (χ1n) is 7.57. The largest absolute Gasteiger partial charge is 0.490 e. The van der Waals surface area contributed by atoms with Gasteiger partial charge in [0.1, 0.15) is 12.4 Å². The lowest BCUT2D eigenvalue weighted by Gasteiger charge is -2.19. The van der Waals surface area contributed by atoms with Crippen LogP contribution in [-0.4, -0.2) is 11.7 Å². The molecule has 3 nitrogen and oxygen atoms in total. The van der Waals surface area contributed by atoms with Crippen molar-refractivity contribution in [2.24, 2.45) is 0 Å². The molecule has 4 heteroatoms. The highest BCUT2D eigenvalue weighted by Gasteiger charge is 2.09. The predicted molar refractivity (Wildman–Crippen MR) is 101 cm³/mol. The Morgan fingerprint density at radius 1 is 1.22 bits per heavy atom. The second kappa shape index (κ2) is 8.34. The summed E-state index contributed by atoms with van der Waals surface area (Å²) in [7, 11) is 0. The minimum atomic E-state index is 0.145. The van der Waals surface area contributed by atoms with E-state index < -0.39 is 0 Å². The maximum absolute atomic E-state index is 5.46. The summed E-state index contributed by atoms with van der Waals surface area (Å²) >= 11 is 5.39. The summed E-state index contributed by atoms with van der Waals surface area (Å²) in [6.07, 6.45) is 1.72. The summed E-state index contributed by atoms with van der Waals surface area (Å²) in [5.74, 6) is 0.808. The van der Waals surface area contributed by atoms with Gasteiger partial charge in [-0.15, -0.1) is 0 Å². The summed E-state index contributed by atoms with van der Waals surface area (Å²) in [5.41, 5.74) is 3.41. The molecule has 0 heterocycles. The number of thiocarbonyl (C=S) groups is 1. The van der Waals surface area contributed by atoms with E-state index in [2.05, 4.69) is 43.2 Å². The van der Waals surface area contributed by atoms with E-state index in [4.69, 9.17) is 17.0 Å². The fourth-order valence-corrected chi connectivity index (χ4v) is 2.60. The minimum absolute atomic E-state index is 0.145. The van der Waals surface area contributed by atoms with Crippen LogP contribution in [0.5, 0.6) is 5.75 Å². The number of hydrogen-bond acceptors (Lipinski definition) is 2. The van der Waals surface area contributed by atoms with Crippen molar-refractivity contribution in [1.82, 2.24) is 5.32 Å². The maximum Gasteiger partial charge on any atom is 0.171 e. The smallest absolute Gasteiger partial charge is 0.171 e. The molecule has 0 radical (unpaired) electrons. The van der Waals surface area contributed by atoms with Gasteiger partial charge >= 0.3 is 0 Å². The molecule has 0 bridgehead atoms. The fourth-order valence-electron chi connectivity index (χ4n) is 2.30. The third kappa shape index (κ3) is 5.11. The topological polar surface area (TPSA) is 33.3 Å². The molecule has 0 aliphatic heterocycles. The van der Waals surface area contributed by atoms with Gasteiger partial charge in [0, 0.05) is 5.69 Å². The lowest BCUT2D eigenvalue weighted by atomic mass is 10.0. The molecule has 0 aliphatic rings. The number of anilines is 1. The molecule has 0 saturated heterocycles. The molecule has 0 fully saturated rings. The number of nitrogens with one attached hydrogen (secondary N) is 2. The standard InChI is InChI=1S/C19H22N2OS/c1-4-13-22-17-11-9-16(10-12-17)21-19(23)20-15(3)18-8-6-5-7-14(18)2/h4-12,15H,1,13H2,2-3H3,(H2,20,21,23). The zero-order chi connectivity index (χ0) is 16.7. The maximum atomic E-state index is 5.46. The van der Waals surface area contributed by atoms with E-state index in [1.54, 1.807) is 6.08 Å². The number of rotatable bonds is 6. The van der Waals surface area contributed by atoms with Crippen LogP contribution >= 0.6 is 12.2 Å². The van der Waals surface area contributed by atoms with E-state index >= 15 is 0 Å². The van der Waals surface area contributed by atoms with Gasteiger partial charge in [0.05, 0.1) is 6.04 Å². The van der Waals surface area contributed by atoms with Crippen LogP contribution in [0.2, 0.25) is 0 Å². The Labute approximate surface area is 143 Å². The first kappa shape index (κ1) is 17.0. The average molecular weight is 326 g/mol. The van der Waals surface area contributed by atoms with Gasteiger partial charge in [-0.2, -0.15) is 0 Å². The molecule has 2 rings (SSSR count). The van der Waals surface area contributed by atoms with E-state index in [0.29, 0.717) is 11.7 Å². The summed E-state index contributed by atoms with van der Waals surface area (Å²) in [6, 6.07) is 16.1. The molecule has 0 aliphatic carbocycles. The number of ether oxygens (including phenoxy) is 1. The number of benzene rings is 2.